The Hall–Kier alpha value is -2.18. The predicted molar refractivity (Wildman–Crippen MR) is 107 cm³/mol. The summed E-state index contributed by atoms with van der Waals surface area (Å²) in [6, 6.07) is 15.3. The Morgan fingerprint density at radius 1 is 1.15 bits per heavy atom. The highest BCUT2D eigenvalue weighted by molar-refractivity contribution is 9.10. The van der Waals surface area contributed by atoms with Crippen molar-refractivity contribution in [3.8, 4) is 0 Å². The highest BCUT2D eigenvalue weighted by Gasteiger charge is 2.35. The van der Waals surface area contributed by atoms with Gasteiger partial charge in [0.05, 0.1) is 13.7 Å². The monoisotopic (exact) mass is 430 g/mol. The smallest absolute Gasteiger partial charge is 0.328 e. The fraction of sp³-hybridized carbons (Fsp3) is 0.333. The Bertz CT molecular complexity index is 840. The van der Waals surface area contributed by atoms with E-state index in [0.717, 1.165) is 21.2 Å². The maximum Gasteiger partial charge on any atom is 0.328 e. The number of carbonyl (C=O) groups excluding carboxylic acids is 2. The first kappa shape index (κ1) is 19.6. The third kappa shape index (κ3) is 4.57. The third-order valence-corrected chi connectivity index (χ3v) is 5.62. The molecule has 0 spiro atoms. The summed E-state index contributed by atoms with van der Waals surface area (Å²) in [6.45, 7) is 1.30. The van der Waals surface area contributed by atoms with Crippen LogP contribution in [-0.2, 0) is 33.8 Å². The van der Waals surface area contributed by atoms with Gasteiger partial charge in [0.2, 0.25) is 5.91 Å². The summed E-state index contributed by atoms with van der Waals surface area (Å²) in [7, 11) is 3.27. The van der Waals surface area contributed by atoms with E-state index in [-0.39, 0.29) is 18.4 Å². The number of esters is 1. The SMILES string of the molecule is COC(=O)C1Cc2ccccc2CN1C(=O)CN(C)Cc1ccccc1Br. The van der Waals surface area contributed by atoms with Crippen LogP contribution in [0.25, 0.3) is 0 Å². The largest absolute Gasteiger partial charge is 0.467 e. The van der Waals surface area contributed by atoms with Crippen molar-refractivity contribution < 1.29 is 14.3 Å². The summed E-state index contributed by atoms with van der Waals surface area (Å²) >= 11 is 3.54. The molecule has 27 heavy (non-hydrogen) atoms. The molecule has 5 nitrogen and oxygen atoms in total. The van der Waals surface area contributed by atoms with E-state index in [9.17, 15) is 9.59 Å². The highest BCUT2D eigenvalue weighted by Crippen LogP contribution is 2.24. The lowest BCUT2D eigenvalue weighted by Gasteiger charge is -2.36. The number of rotatable bonds is 5. The van der Waals surface area contributed by atoms with Gasteiger partial charge in [0.1, 0.15) is 6.04 Å². The van der Waals surface area contributed by atoms with Crippen LogP contribution in [0.4, 0.5) is 0 Å². The first-order valence-electron chi connectivity index (χ1n) is 8.85. The number of nitrogens with zero attached hydrogens (tertiary/aromatic N) is 2. The molecule has 0 N–H and O–H groups in total. The molecule has 3 rings (SSSR count). The minimum atomic E-state index is -0.575. The standard InChI is InChI=1S/C21H23BrN2O3/c1-23(12-17-9-5-6-10-18(17)22)14-20(25)24-13-16-8-4-3-7-15(16)11-19(24)21(26)27-2/h3-10,19H,11-14H2,1-2H3. The van der Waals surface area contributed by atoms with Crippen LogP contribution in [-0.4, -0.2) is 48.4 Å². The first-order valence-corrected chi connectivity index (χ1v) is 9.65. The second-order valence-corrected chi connectivity index (χ2v) is 7.65. The summed E-state index contributed by atoms with van der Waals surface area (Å²) in [5, 5.41) is 0. The van der Waals surface area contributed by atoms with Crippen molar-refractivity contribution in [1.29, 1.82) is 0 Å². The van der Waals surface area contributed by atoms with Gasteiger partial charge in [-0.3, -0.25) is 9.69 Å². The lowest BCUT2D eigenvalue weighted by molar-refractivity contribution is -0.154. The van der Waals surface area contributed by atoms with Crippen LogP contribution in [0.2, 0.25) is 0 Å². The Kier molecular flexibility index (Phi) is 6.29. The zero-order valence-corrected chi connectivity index (χ0v) is 17.1. The van der Waals surface area contributed by atoms with Crippen molar-refractivity contribution in [3.63, 3.8) is 0 Å². The van der Waals surface area contributed by atoms with Gasteiger partial charge in [0.15, 0.2) is 0 Å². The summed E-state index contributed by atoms with van der Waals surface area (Å²) in [6.07, 6.45) is 0.489. The maximum atomic E-state index is 13.0. The fourth-order valence-corrected chi connectivity index (χ4v) is 3.84. The molecule has 2 aromatic rings. The Morgan fingerprint density at radius 2 is 1.81 bits per heavy atom. The molecule has 0 saturated heterocycles. The maximum absolute atomic E-state index is 13.0. The highest BCUT2D eigenvalue weighted by atomic mass is 79.9. The zero-order valence-electron chi connectivity index (χ0n) is 15.5. The van der Waals surface area contributed by atoms with E-state index >= 15 is 0 Å². The van der Waals surface area contributed by atoms with Gasteiger partial charge in [-0.1, -0.05) is 58.4 Å². The van der Waals surface area contributed by atoms with Crippen molar-refractivity contribution in [2.75, 3.05) is 20.7 Å². The third-order valence-electron chi connectivity index (χ3n) is 4.85. The minimum absolute atomic E-state index is 0.0746. The van der Waals surface area contributed by atoms with E-state index in [4.69, 9.17) is 4.74 Å². The lowest BCUT2D eigenvalue weighted by atomic mass is 9.94. The van der Waals surface area contributed by atoms with E-state index in [1.807, 2.05) is 60.5 Å². The average Bonchev–Trinajstić information content (AvgIpc) is 2.68. The number of hydrogen-bond donors (Lipinski definition) is 0. The zero-order chi connectivity index (χ0) is 19.4. The van der Waals surface area contributed by atoms with Crippen LogP contribution >= 0.6 is 15.9 Å². The van der Waals surface area contributed by atoms with E-state index in [0.29, 0.717) is 19.5 Å². The normalized spacial score (nSPS) is 16.1. The van der Waals surface area contributed by atoms with E-state index < -0.39 is 6.04 Å². The molecule has 1 amide bonds. The molecule has 2 aromatic carbocycles. The van der Waals surface area contributed by atoms with Crippen LogP contribution in [0.5, 0.6) is 0 Å². The van der Waals surface area contributed by atoms with Crippen LogP contribution in [0, 0.1) is 0 Å². The van der Waals surface area contributed by atoms with Crippen LogP contribution < -0.4 is 0 Å². The number of fused-ring (bicyclic) bond motifs is 1. The molecular weight excluding hydrogens is 408 g/mol. The number of ether oxygens (including phenoxy) is 1. The molecule has 0 aromatic heterocycles. The van der Waals surface area contributed by atoms with Crippen LogP contribution in [0.1, 0.15) is 16.7 Å². The number of halogens is 1. The Morgan fingerprint density at radius 3 is 2.52 bits per heavy atom. The Labute approximate surface area is 168 Å². The van der Waals surface area contributed by atoms with Crippen LogP contribution in [0.3, 0.4) is 0 Å². The molecule has 1 unspecified atom stereocenters. The molecule has 1 atom stereocenters. The number of methoxy groups -OCH3 is 1. The van der Waals surface area contributed by atoms with Gasteiger partial charge in [-0.15, -0.1) is 0 Å². The summed E-state index contributed by atoms with van der Waals surface area (Å²) < 4.78 is 5.97. The van der Waals surface area contributed by atoms with Crippen molar-refractivity contribution in [2.45, 2.75) is 25.6 Å². The van der Waals surface area contributed by atoms with Crippen molar-refractivity contribution in [1.82, 2.24) is 9.80 Å². The van der Waals surface area contributed by atoms with Gasteiger partial charge in [0.25, 0.3) is 0 Å². The quantitative estimate of drug-likeness (QED) is 0.684. The predicted octanol–water partition coefficient (Wildman–Crippen LogP) is 3.01. The molecule has 0 bridgehead atoms. The number of carbonyl (C=O) groups is 2. The van der Waals surface area contributed by atoms with E-state index in [1.54, 1.807) is 4.90 Å². The van der Waals surface area contributed by atoms with E-state index in [1.165, 1.54) is 7.11 Å². The molecular formula is C21H23BrN2O3. The van der Waals surface area contributed by atoms with Gasteiger partial charge < -0.3 is 9.64 Å². The molecule has 1 aliphatic heterocycles. The molecule has 1 heterocycles. The number of benzene rings is 2. The van der Waals surface area contributed by atoms with Gasteiger partial charge in [-0.25, -0.2) is 4.79 Å². The summed E-state index contributed by atoms with van der Waals surface area (Å²) in [5.41, 5.74) is 3.29. The molecule has 6 heteroatoms. The first-order chi connectivity index (χ1) is 13.0. The molecule has 0 radical (unpaired) electrons. The molecule has 0 fully saturated rings. The van der Waals surface area contributed by atoms with Gasteiger partial charge in [-0.2, -0.15) is 0 Å². The summed E-state index contributed by atoms with van der Waals surface area (Å²) in [5.74, 6) is -0.444. The topological polar surface area (TPSA) is 49.9 Å². The second kappa shape index (κ2) is 8.67. The number of amides is 1. The van der Waals surface area contributed by atoms with Crippen molar-refractivity contribution in [3.05, 3.63) is 69.7 Å². The second-order valence-electron chi connectivity index (χ2n) is 6.80. The molecule has 0 saturated carbocycles. The molecule has 0 aliphatic carbocycles. The minimum Gasteiger partial charge on any atom is -0.467 e. The molecule has 1 aliphatic rings. The van der Waals surface area contributed by atoms with Crippen molar-refractivity contribution >= 4 is 27.8 Å². The Balaban J connectivity index is 1.73. The number of hydrogen-bond acceptors (Lipinski definition) is 4. The lowest BCUT2D eigenvalue weighted by Crippen LogP contribution is -2.51. The van der Waals surface area contributed by atoms with Gasteiger partial charge >= 0.3 is 5.97 Å². The van der Waals surface area contributed by atoms with E-state index in [2.05, 4.69) is 15.9 Å². The number of likely N-dealkylation sites (N-methyl/N-ethyl adjacent to an activating group) is 1. The fourth-order valence-electron chi connectivity index (χ4n) is 3.43. The average molecular weight is 431 g/mol. The summed E-state index contributed by atoms with van der Waals surface area (Å²) in [4.78, 5) is 28.9. The molecule has 142 valence electrons. The van der Waals surface area contributed by atoms with Gasteiger partial charge in [0, 0.05) is 24.0 Å². The van der Waals surface area contributed by atoms with Crippen LogP contribution in [0.15, 0.2) is 53.0 Å². The van der Waals surface area contributed by atoms with Gasteiger partial charge in [-0.05, 0) is 29.8 Å². The van der Waals surface area contributed by atoms with Crippen molar-refractivity contribution in [2.24, 2.45) is 0 Å².